The SMILES string of the molecule is Cc1ccc(C[NH+](C)CC(=O)NCC(=O)Nc2cccc(C)c2C)cc1. The molecule has 0 saturated carbocycles. The fourth-order valence-electron chi connectivity index (χ4n) is 2.71. The molecule has 0 heterocycles. The van der Waals surface area contributed by atoms with Gasteiger partial charge in [0.2, 0.25) is 5.91 Å². The van der Waals surface area contributed by atoms with Crippen LogP contribution < -0.4 is 15.5 Å². The van der Waals surface area contributed by atoms with Gasteiger partial charge in [-0.15, -0.1) is 0 Å². The largest absolute Gasteiger partial charge is 0.342 e. The summed E-state index contributed by atoms with van der Waals surface area (Å²) in [6.07, 6.45) is 0. The molecule has 5 heteroatoms. The van der Waals surface area contributed by atoms with Crippen LogP contribution in [0.2, 0.25) is 0 Å². The van der Waals surface area contributed by atoms with Gasteiger partial charge >= 0.3 is 0 Å². The number of rotatable bonds is 7. The van der Waals surface area contributed by atoms with Crippen LogP contribution in [-0.2, 0) is 16.1 Å². The molecule has 138 valence electrons. The highest BCUT2D eigenvalue weighted by atomic mass is 16.2. The fourth-order valence-corrected chi connectivity index (χ4v) is 2.71. The molecule has 1 atom stereocenters. The van der Waals surface area contributed by atoms with Crippen molar-refractivity contribution < 1.29 is 14.5 Å². The topological polar surface area (TPSA) is 62.6 Å². The maximum absolute atomic E-state index is 12.1. The van der Waals surface area contributed by atoms with Crippen LogP contribution >= 0.6 is 0 Å². The molecule has 0 spiro atoms. The average Bonchev–Trinajstić information content (AvgIpc) is 2.59. The van der Waals surface area contributed by atoms with Gasteiger partial charge < -0.3 is 15.5 Å². The van der Waals surface area contributed by atoms with Gasteiger partial charge in [-0.25, -0.2) is 0 Å². The Hall–Kier alpha value is -2.66. The number of benzene rings is 2. The molecule has 0 aliphatic carbocycles. The number of amides is 2. The van der Waals surface area contributed by atoms with Gasteiger partial charge in [0.1, 0.15) is 6.54 Å². The number of quaternary nitrogens is 1. The first-order chi connectivity index (χ1) is 12.3. The van der Waals surface area contributed by atoms with Gasteiger partial charge in [-0.2, -0.15) is 0 Å². The summed E-state index contributed by atoms with van der Waals surface area (Å²) in [6, 6.07) is 14.1. The summed E-state index contributed by atoms with van der Waals surface area (Å²) >= 11 is 0. The third-order valence-electron chi connectivity index (χ3n) is 4.41. The highest BCUT2D eigenvalue weighted by Gasteiger charge is 2.12. The van der Waals surface area contributed by atoms with Crippen molar-refractivity contribution in [2.75, 3.05) is 25.5 Å². The molecule has 5 nitrogen and oxygen atoms in total. The smallest absolute Gasteiger partial charge is 0.275 e. The average molecular weight is 354 g/mol. The van der Waals surface area contributed by atoms with Gasteiger partial charge in [-0.3, -0.25) is 9.59 Å². The van der Waals surface area contributed by atoms with Crippen LogP contribution in [0, 0.1) is 20.8 Å². The Bertz CT molecular complexity index is 769. The number of aryl methyl sites for hydroxylation is 2. The maximum Gasteiger partial charge on any atom is 0.275 e. The lowest BCUT2D eigenvalue weighted by atomic mass is 10.1. The first-order valence-corrected chi connectivity index (χ1v) is 8.84. The molecular formula is C21H28N3O2+. The van der Waals surface area contributed by atoms with Crippen LogP contribution in [0.4, 0.5) is 5.69 Å². The molecular weight excluding hydrogens is 326 g/mol. The summed E-state index contributed by atoms with van der Waals surface area (Å²) in [5.41, 5.74) is 5.35. The van der Waals surface area contributed by atoms with E-state index in [1.807, 2.05) is 39.1 Å². The molecule has 0 bridgehead atoms. The van der Waals surface area contributed by atoms with E-state index in [-0.39, 0.29) is 18.4 Å². The Labute approximate surface area is 155 Å². The minimum Gasteiger partial charge on any atom is -0.342 e. The number of nitrogens with one attached hydrogen (secondary N) is 3. The van der Waals surface area contributed by atoms with Gasteiger partial charge in [0, 0.05) is 11.3 Å². The second-order valence-corrected chi connectivity index (χ2v) is 6.87. The highest BCUT2D eigenvalue weighted by Crippen LogP contribution is 2.17. The molecule has 26 heavy (non-hydrogen) atoms. The summed E-state index contributed by atoms with van der Waals surface area (Å²) in [6.45, 7) is 7.08. The van der Waals surface area contributed by atoms with E-state index in [2.05, 4.69) is 41.8 Å². The lowest BCUT2D eigenvalue weighted by molar-refractivity contribution is -0.885. The molecule has 2 aromatic carbocycles. The minimum atomic E-state index is -0.219. The number of hydrogen-bond acceptors (Lipinski definition) is 2. The maximum atomic E-state index is 12.1. The lowest BCUT2D eigenvalue weighted by Gasteiger charge is -2.14. The van der Waals surface area contributed by atoms with Crippen molar-refractivity contribution in [3.05, 3.63) is 64.7 Å². The zero-order valence-electron chi connectivity index (χ0n) is 16.0. The molecule has 1 unspecified atom stereocenters. The molecule has 0 fully saturated rings. The molecule has 0 aliphatic rings. The normalized spacial score (nSPS) is 11.7. The molecule has 2 amide bonds. The molecule has 0 aromatic heterocycles. The van der Waals surface area contributed by atoms with Gasteiger partial charge in [0.15, 0.2) is 6.54 Å². The molecule has 0 aliphatic heterocycles. The Morgan fingerprint density at radius 3 is 2.35 bits per heavy atom. The summed E-state index contributed by atoms with van der Waals surface area (Å²) in [4.78, 5) is 25.2. The van der Waals surface area contributed by atoms with Crippen molar-refractivity contribution in [3.63, 3.8) is 0 Å². The summed E-state index contributed by atoms with van der Waals surface area (Å²) in [5.74, 6) is -0.353. The Morgan fingerprint density at radius 1 is 0.962 bits per heavy atom. The van der Waals surface area contributed by atoms with Crippen LogP contribution in [0.1, 0.15) is 22.3 Å². The van der Waals surface area contributed by atoms with E-state index in [0.717, 1.165) is 28.3 Å². The van der Waals surface area contributed by atoms with Crippen molar-refractivity contribution in [2.45, 2.75) is 27.3 Å². The first kappa shape index (κ1) is 19.7. The van der Waals surface area contributed by atoms with Gasteiger partial charge in [0.25, 0.3) is 5.91 Å². The molecule has 0 radical (unpaired) electrons. The highest BCUT2D eigenvalue weighted by molar-refractivity contribution is 5.95. The quantitative estimate of drug-likeness (QED) is 0.703. The Balaban J connectivity index is 1.76. The van der Waals surface area contributed by atoms with Crippen molar-refractivity contribution >= 4 is 17.5 Å². The predicted molar refractivity (Wildman–Crippen MR) is 104 cm³/mol. The van der Waals surface area contributed by atoms with Gasteiger partial charge in [-0.1, -0.05) is 42.0 Å². The zero-order chi connectivity index (χ0) is 19.1. The van der Waals surface area contributed by atoms with Crippen molar-refractivity contribution in [3.8, 4) is 0 Å². The van der Waals surface area contributed by atoms with E-state index in [1.165, 1.54) is 11.1 Å². The number of likely N-dealkylation sites (N-methyl/N-ethyl adjacent to an activating group) is 1. The van der Waals surface area contributed by atoms with Gasteiger partial charge in [0.05, 0.1) is 13.6 Å². The number of carbonyl (C=O) groups is 2. The molecule has 2 aromatic rings. The Morgan fingerprint density at radius 2 is 1.65 bits per heavy atom. The van der Waals surface area contributed by atoms with Crippen LogP contribution in [0.25, 0.3) is 0 Å². The van der Waals surface area contributed by atoms with Gasteiger partial charge in [-0.05, 0) is 38.0 Å². The predicted octanol–water partition coefficient (Wildman–Crippen LogP) is 1.38. The van der Waals surface area contributed by atoms with E-state index in [0.29, 0.717) is 6.54 Å². The van der Waals surface area contributed by atoms with E-state index in [1.54, 1.807) is 0 Å². The second-order valence-electron chi connectivity index (χ2n) is 6.87. The number of carbonyl (C=O) groups excluding carboxylic acids is 2. The third-order valence-corrected chi connectivity index (χ3v) is 4.41. The minimum absolute atomic E-state index is 0.0238. The van der Waals surface area contributed by atoms with E-state index in [9.17, 15) is 9.59 Å². The zero-order valence-corrected chi connectivity index (χ0v) is 16.0. The fraction of sp³-hybridized carbons (Fsp3) is 0.333. The van der Waals surface area contributed by atoms with Crippen LogP contribution in [0.15, 0.2) is 42.5 Å². The van der Waals surface area contributed by atoms with Crippen LogP contribution in [0.3, 0.4) is 0 Å². The van der Waals surface area contributed by atoms with Crippen LogP contribution in [0.5, 0.6) is 0 Å². The van der Waals surface area contributed by atoms with Crippen molar-refractivity contribution in [2.24, 2.45) is 0 Å². The van der Waals surface area contributed by atoms with E-state index >= 15 is 0 Å². The number of hydrogen-bond donors (Lipinski definition) is 3. The van der Waals surface area contributed by atoms with E-state index in [4.69, 9.17) is 0 Å². The lowest BCUT2D eigenvalue weighted by Crippen LogP contribution is -3.08. The van der Waals surface area contributed by atoms with Crippen LogP contribution in [-0.4, -0.2) is 32.0 Å². The third kappa shape index (κ3) is 6.01. The van der Waals surface area contributed by atoms with Crippen molar-refractivity contribution in [1.82, 2.24) is 5.32 Å². The molecule has 0 saturated heterocycles. The second kappa shape index (κ2) is 9.15. The summed E-state index contributed by atoms with van der Waals surface area (Å²) in [7, 11) is 1.97. The first-order valence-electron chi connectivity index (χ1n) is 8.84. The number of anilines is 1. The summed E-state index contributed by atoms with van der Waals surface area (Å²) in [5, 5.41) is 5.54. The monoisotopic (exact) mass is 354 g/mol. The molecule has 3 N–H and O–H groups in total. The molecule has 2 rings (SSSR count). The van der Waals surface area contributed by atoms with Crippen molar-refractivity contribution in [1.29, 1.82) is 0 Å². The standard InChI is InChI=1S/C21H27N3O2/c1-15-8-10-18(11-9-15)13-24(4)14-21(26)22-12-20(25)23-19-7-5-6-16(2)17(19)3/h5-11H,12-14H2,1-4H3,(H,22,26)(H,23,25)/p+1. The Kier molecular flexibility index (Phi) is 6.92. The summed E-state index contributed by atoms with van der Waals surface area (Å²) < 4.78 is 0. The van der Waals surface area contributed by atoms with E-state index < -0.39 is 0 Å².